The Bertz CT molecular complexity index is 558. The number of hydrogen-bond donors (Lipinski definition) is 1. The third-order valence-corrected chi connectivity index (χ3v) is 2.43. The normalized spacial score (nSPS) is 10.3. The summed E-state index contributed by atoms with van der Waals surface area (Å²) in [7, 11) is 0. The average molecular weight is 313 g/mol. The summed E-state index contributed by atoms with van der Waals surface area (Å²) in [5, 5.41) is 19.7. The van der Waals surface area contributed by atoms with Crippen LogP contribution in [0.25, 0.3) is 0 Å². The largest absolute Gasteiger partial charge is 0.485 e. The highest BCUT2D eigenvalue weighted by molar-refractivity contribution is 9.10. The molecular weight excluding hydrogens is 304 g/mol. The van der Waals surface area contributed by atoms with E-state index < -0.39 is 5.97 Å². The number of ether oxygens (including phenoxy) is 1. The van der Waals surface area contributed by atoms with Gasteiger partial charge in [-0.3, -0.25) is 4.79 Å². The minimum absolute atomic E-state index is 0.135. The van der Waals surface area contributed by atoms with Crippen molar-refractivity contribution in [2.24, 2.45) is 0 Å². The van der Waals surface area contributed by atoms with Crippen molar-refractivity contribution < 1.29 is 14.6 Å². The second-order valence-corrected chi connectivity index (χ2v) is 4.29. The molecule has 1 heterocycles. The molecule has 0 fully saturated rings. The van der Waals surface area contributed by atoms with Crippen LogP contribution in [0.3, 0.4) is 0 Å². The van der Waals surface area contributed by atoms with E-state index in [9.17, 15) is 4.79 Å². The Kier molecular flexibility index (Phi) is 3.88. The first-order valence-electron chi connectivity index (χ1n) is 5.00. The molecular formula is C10H9BrN4O3. The SMILES string of the molecule is O=C(O)Cn1nnc(COc2cccc(Br)c2)n1. The number of nitrogens with zero attached hydrogens (tertiary/aromatic N) is 4. The van der Waals surface area contributed by atoms with Crippen molar-refractivity contribution in [3.05, 3.63) is 34.6 Å². The van der Waals surface area contributed by atoms with Crippen LogP contribution in [0.1, 0.15) is 5.82 Å². The molecule has 0 aliphatic rings. The number of tetrazole rings is 1. The fraction of sp³-hybridized carbons (Fsp3) is 0.200. The zero-order chi connectivity index (χ0) is 13.0. The van der Waals surface area contributed by atoms with Gasteiger partial charge in [-0.05, 0) is 23.4 Å². The van der Waals surface area contributed by atoms with Gasteiger partial charge in [-0.15, -0.1) is 10.2 Å². The Labute approximate surface area is 111 Å². The van der Waals surface area contributed by atoms with Crippen LogP contribution < -0.4 is 4.74 Å². The van der Waals surface area contributed by atoms with Crippen molar-refractivity contribution in [2.45, 2.75) is 13.2 Å². The fourth-order valence-electron chi connectivity index (χ4n) is 1.23. The molecule has 8 heteroatoms. The first-order chi connectivity index (χ1) is 8.63. The summed E-state index contributed by atoms with van der Waals surface area (Å²) < 4.78 is 6.34. The Hall–Kier alpha value is -1.96. The molecule has 0 spiro atoms. The zero-order valence-corrected chi connectivity index (χ0v) is 10.7. The van der Waals surface area contributed by atoms with E-state index in [1.54, 1.807) is 6.07 Å². The van der Waals surface area contributed by atoms with Crippen LogP contribution in [0.4, 0.5) is 0 Å². The van der Waals surface area contributed by atoms with Crippen molar-refractivity contribution in [3.63, 3.8) is 0 Å². The molecule has 0 unspecified atom stereocenters. The zero-order valence-electron chi connectivity index (χ0n) is 9.15. The van der Waals surface area contributed by atoms with E-state index in [4.69, 9.17) is 9.84 Å². The lowest BCUT2D eigenvalue weighted by molar-refractivity contribution is -0.138. The van der Waals surface area contributed by atoms with Gasteiger partial charge in [0.1, 0.15) is 5.75 Å². The van der Waals surface area contributed by atoms with Crippen molar-refractivity contribution in [1.82, 2.24) is 20.2 Å². The van der Waals surface area contributed by atoms with Crippen LogP contribution in [0.2, 0.25) is 0 Å². The molecule has 0 bridgehead atoms. The average Bonchev–Trinajstić information content (AvgIpc) is 2.73. The van der Waals surface area contributed by atoms with Crippen molar-refractivity contribution in [1.29, 1.82) is 0 Å². The molecule has 18 heavy (non-hydrogen) atoms. The highest BCUT2D eigenvalue weighted by atomic mass is 79.9. The summed E-state index contributed by atoms with van der Waals surface area (Å²) in [6.45, 7) is -0.181. The van der Waals surface area contributed by atoms with Crippen molar-refractivity contribution in [2.75, 3.05) is 0 Å². The van der Waals surface area contributed by atoms with Gasteiger partial charge >= 0.3 is 5.97 Å². The second kappa shape index (κ2) is 5.58. The van der Waals surface area contributed by atoms with Gasteiger partial charge in [-0.1, -0.05) is 22.0 Å². The summed E-state index contributed by atoms with van der Waals surface area (Å²) in [6.07, 6.45) is 0. The number of halogens is 1. The lowest BCUT2D eigenvalue weighted by atomic mass is 10.3. The molecule has 1 aromatic carbocycles. The van der Waals surface area contributed by atoms with Gasteiger partial charge < -0.3 is 9.84 Å². The predicted octanol–water partition coefficient (Wildman–Crippen LogP) is 1.10. The van der Waals surface area contributed by atoms with Crippen LogP contribution in [0.15, 0.2) is 28.7 Å². The maximum Gasteiger partial charge on any atom is 0.327 e. The van der Waals surface area contributed by atoms with E-state index in [0.29, 0.717) is 11.6 Å². The van der Waals surface area contributed by atoms with E-state index >= 15 is 0 Å². The van der Waals surface area contributed by atoms with E-state index in [2.05, 4.69) is 31.3 Å². The second-order valence-electron chi connectivity index (χ2n) is 3.38. The standard InChI is InChI=1S/C10H9BrN4O3/c11-7-2-1-3-8(4-7)18-6-9-12-14-15(13-9)5-10(16)17/h1-4H,5-6H2,(H,16,17). The summed E-state index contributed by atoms with van der Waals surface area (Å²) in [4.78, 5) is 11.4. The first kappa shape index (κ1) is 12.5. The number of carboxylic acids is 1. The third kappa shape index (κ3) is 3.52. The van der Waals surface area contributed by atoms with E-state index in [0.717, 1.165) is 9.27 Å². The number of benzene rings is 1. The lowest BCUT2D eigenvalue weighted by Gasteiger charge is -2.02. The Balaban J connectivity index is 1.94. The van der Waals surface area contributed by atoms with Gasteiger partial charge in [0, 0.05) is 4.47 Å². The highest BCUT2D eigenvalue weighted by Crippen LogP contribution is 2.18. The van der Waals surface area contributed by atoms with E-state index in [1.165, 1.54) is 0 Å². The van der Waals surface area contributed by atoms with Gasteiger partial charge in [0.15, 0.2) is 13.2 Å². The number of aliphatic carboxylic acids is 1. The Morgan fingerprint density at radius 2 is 2.33 bits per heavy atom. The van der Waals surface area contributed by atoms with Gasteiger partial charge in [0.05, 0.1) is 0 Å². The van der Waals surface area contributed by atoms with Crippen molar-refractivity contribution in [3.8, 4) is 5.75 Å². The molecule has 2 aromatic rings. The summed E-state index contributed by atoms with van der Waals surface area (Å²) >= 11 is 3.33. The quantitative estimate of drug-likeness (QED) is 0.889. The molecule has 1 aromatic heterocycles. The summed E-state index contributed by atoms with van der Waals surface area (Å²) in [6, 6.07) is 7.33. The minimum atomic E-state index is -1.02. The third-order valence-electron chi connectivity index (χ3n) is 1.93. The molecule has 0 atom stereocenters. The molecule has 0 saturated heterocycles. The number of hydrogen-bond acceptors (Lipinski definition) is 5. The van der Waals surface area contributed by atoms with Gasteiger partial charge in [-0.2, -0.15) is 4.80 Å². The maximum absolute atomic E-state index is 10.4. The molecule has 94 valence electrons. The van der Waals surface area contributed by atoms with Gasteiger partial charge in [0.25, 0.3) is 0 Å². The smallest absolute Gasteiger partial charge is 0.327 e. The van der Waals surface area contributed by atoms with Gasteiger partial charge in [-0.25, -0.2) is 0 Å². The molecule has 2 rings (SSSR count). The predicted molar refractivity (Wildman–Crippen MR) is 63.9 cm³/mol. The molecule has 1 N–H and O–H groups in total. The molecule has 7 nitrogen and oxygen atoms in total. The van der Waals surface area contributed by atoms with E-state index in [-0.39, 0.29) is 13.2 Å². The number of carbonyl (C=O) groups is 1. The van der Waals surface area contributed by atoms with Crippen LogP contribution in [-0.4, -0.2) is 31.3 Å². The number of aromatic nitrogens is 4. The number of rotatable bonds is 5. The molecule has 0 aliphatic carbocycles. The molecule has 0 radical (unpaired) electrons. The summed E-state index contributed by atoms with van der Waals surface area (Å²) in [5.74, 6) is -0.0259. The molecule has 0 aliphatic heterocycles. The van der Waals surface area contributed by atoms with Crippen LogP contribution in [0, 0.1) is 0 Å². The first-order valence-corrected chi connectivity index (χ1v) is 5.79. The monoisotopic (exact) mass is 312 g/mol. The maximum atomic E-state index is 10.4. The Morgan fingerprint density at radius 3 is 3.06 bits per heavy atom. The van der Waals surface area contributed by atoms with E-state index in [1.807, 2.05) is 18.2 Å². The Morgan fingerprint density at radius 1 is 1.50 bits per heavy atom. The van der Waals surface area contributed by atoms with Crippen LogP contribution in [0.5, 0.6) is 5.75 Å². The minimum Gasteiger partial charge on any atom is -0.485 e. The van der Waals surface area contributed by atoms with Crippen LogP contribution >= 0.6 is 15.9 Å². The topological polar surface area (TPSA) is 90.1 Å². The fourth-order valence-corrected chi connectivity index (χ4v) is 1.61. The van der Waals surface area contributed by atoms with Crippen LogP contribution in [-0.2, 0) is 17.9 Å². The van der Waals surface area contributed by atoms with Crippen molar-refractivity contribution >= 4 is 21.9 Å². The highest BCUT2D eigenvalue weighted by Gasteiger charge is 2.06. The molecule has 0 saturated carbocycles. The molecule has 0 amide bonds. The van der Waals surface area contributed by atoms with Gasteiger partial charge in [0.2, 0.25) is 5.82 Å². The lowest BCUT2D eigenvalue weighted by Crippen LogP contribution is -2.12. The number of carboxylic acid groups (broad SMARTS) is 1. The summed E-state index contributed by atoms with van der Waals surface area (Å²) in [5.41, 5.74) is 0.